The molecule has 0 bridgehead atoms. The normalized spacial score (nSPS) is 12.4. The Labute approximate surface area is 128 Å². The fourth-order valence-electron chi connectivity index (χ4n) is 2.26. The van der Waals surface area contributed by atoms with E-state index in [2.05, 4.69) is 12.2 Å². The summed E-state index contributed by atoms with van der Waals surface area (Å²) >= 11 is 5.99. The average molecular weight is 310 g/mol. The van der Waals surface area contributed by atoms with E-state index in [4.69, 9.17) is 11.6 Å². The van der Waals surface area contributed by atoms with Gasteiger partial charge in [-0.15, -0.1) is 0 Å². The molecule has 0 aromatic heterocycles. The van der Waals surface area contributed by atoms with Crippen LogP contribution in [0.15, 0.2) is 42.5 Å². The van der Waals surface area contributed by atoms with Gasteiger partial charge < -0.3 is 5.32 Å². The fraction of sp³-hybridized carbons (Fsp3) is 0.294. The predicted molar refractivity (Wildman–Crippen MR) is 82.5 cm³/mol. The highest BCUT2D eigenvalue weighted by atomic mass is 35.5. The van der Waals surface area contributed by atoms with Gasteiger partial charge in [-0.2, -0.15) is 0 Å². The second-order valence-corrected chi connectivity index (χ2v) is 5.45. The first-order chi connectivity index (χ1) is 10.1. The molecule has 0 radical (unpaired) electrons. The van der Waals surface area contributed by atoms with Crippen molar-refractivity contribution in [1.82, 2.24) is 5.32 Å². The van der Waals surface area contributed by atoms with Crippen LogP contribution in [0.5, 0.6) is 0 Å². The predicted octanol–water partition coefficient (Wildman–Crippen LogP) is 4.90. The van der Waals surface area contributed by atoms with Crippen molar-refractivity contribution in [2.75, 3.05) is 6.54 Å². The number of hydrogen-bond donors (Lipinski definition) is 1. The van der Waals surface area contributed by atoms with E-state index in [0.717, 1.165) is 24.1 Å². The molecule has 0 fully saturated rings. The van der Waals surface area contributed by atoms with E-state index in [1.165, 1.54) is 12.1 Å². The average Bonchev–Trinajstić information content (AvgIpc) is 2.46. The van der Waals surface area contributed by atoms with Crippen LogP contribution in [0.25, 0.3) is 0 Å². The van der Waals surface area contributed by atoms with Crippen molar-refractivity contribution in [1.29, 1.82) is 0 Å². The molecule has 0 amide bonds. The van der Waals surface area contributed by atoms with Crippen LogP contribution in [-0.2, 0) is 6.42 Å². The molecule has 0 spiro atoms. The van der Waals surface area contributed by atoms with Gasteiger partial charge in [0, 0.05) is 11.1 Å². The Morgan fingerprint density at radius 2 is 1.90 bits per heavy atom. The zero-order valence-electron chi connectivity index (χ0n) is 11.9. The van der Waals surface area contributed by atoms with Crippen LogP contribution in [0.1, 0.15) is 30.5 Å². The maximum Gasteiger partial charge on any atom is 0.159 e. The monoisotopic (exact) mass is 309 g/mol. The smallest absolute Gasteiger partial charge is 0.159 e. The molecule has 0 aliphatic heterocycles. The van der Waals surface area contributed by atoms with Crippen molar-refractivity contribution in [3.8, 4) is 0 Å². The third-order valence-electron chi connectivity index (χ3n) is 3.32. The number of rotatable bonds is 6. The van der Waals surface area contributed by atoms with Gasteiger partial charge in [0.25, 0.3) is 0 Å². The summed E-state index contributed by atoms with van der Waals surface area (Å²) in [5.41, 5.74) is 1.79. The SMILES string of the molecule is CCCNC(Cc1cccc(Cl)c1)c1ccc(F)c(F)c1. The molecule has 0 saturated carbocycles. The molecule has 112 valence electrons. The van der Waals surface area contributed by atoms with Gasteiger partial charge in [-0.3, -0.25) is 0 Å². The highest BCUT2D eigenvalue weighted by Gasteiger charge is 2.14. The van der Waals surface area contributed by atoms with Crippen LogP contribution in [0, 0.1) is 11.6 Å². The Morgan fingerprint density at radius 3 is 2.57 bits per heavy atom. The van der Waals surface area contributed by atoms with Gasteiger partial charge in [-0.25, -0.2) is 8.78 Å². The van der Waals surface area contributed by atoms with E-state index in [-0.39, 0.29) is 6.04 Å². The molecule has 4 heteroatoms. The summed E-state index contributed by atoms with van der Waals surface area (Å²) in [5, 5.41) is 4.04. The van der Waals surface area contributed by atoms with Gasteiger partial charge in [0.2, 0.25) is 0 Å². The standard InChI is InChI=1S/C17H18ClF2N/c1-2-8-21-17(10-12-4-3-5-14(18)9-12)13-6-7-15(19)16(20)11-13/h3-7,9,11,17,21H,2,8,10H2,1H3. The molecule has 2 rings (SSSR count). The Kier molecular flexibility index (Phi) is 5.71. The van der Waals surface area contributed by atoms with Crippen LogP contribution in [0.3, 0.4) is 0 Å². The number of benzene rings is 2. The van der Waals surface area contributed by atoms with Gasteiger partial charge in [-0.1, -0.05) is 36.7 Å². The Hall–Kier alpha value is -1.45. The zero-order chi connectivity index (χ0) is 15.2. The highest BCUT2D eigenvalue weighted by Crippen LogP contribution is 2.22. The van der Waals surface area contributed by atoms with E-state index in [1.54, 1.807) is 6.07 Å². The Bertz CT molecular complexity index is 601. The van der Waals surface area contributed by atoms with Crippen molar-refractivity contribution in [3.63, 3.8) is 0 Å². The lowest BCUT2D eigenvalue weighted by molar-refractivity contribution is 0.493. The van der Waals surface area contributed by atoms with Crippen LogP contribution < -0.4 is 5.32 Å². The second kappa shape index (κ2) is 7.53. The third-order valence-corrected chi connectivity index (χ3v) is 3.55. The molecule has 21 heavy (non-hydrogen) atoms. The first-order valence-electron chi connectivity index (χ1n) is 7.03. The maximum atomic E-state index is 13.4. The highest BCUT2D eigenvalue weighted by molar-refractivity contribution is 6.30. The Morgan fingerprint density at radius 1 is 1.10 bits per heavy atom. The topological polar surface area (TPSA) is 12.0 Å². The molecule has 1 N–H and O–H groups in total. The van der Waals surface area contributed by atoms with Crippen molar-refractivity contribution < 1.29 is 8.78 Å². The first kappa shape index (κ1) is 15.9. The summed E-state index contributed by atoms with van der Waals surface area (Å²) in [6.45, 7) is 2.87. The van der Waals surface area contributed by atoms with E-state index in [9.17, 15) is 8.78 Å². The lowest BCUT2D eigenvalue weighted by atomic mass is 9.98. The molecule has 2 aromatic carbocycles. The summed E-state index contributed by atoms with van der Waals surface area (Å²) in [5.74, 6) is -1.64. The summed E-state index contributed by atoms with van der Waals surface area (Å²) in [6, 6.07) is 11.6. The molecule has 0 aliphatic carbocycles. The quantitative estimate of drug-likeness (QED) is 0.800. The molecule has 0 saturated heterocycles. The minimum atomic E-state index is -0.823. The maximum absolute atomic E-state index is 13.4. The molecule has 0 aliphatic rings. The van der Waals surface area contributed by atoms with Gasteiger partial charge in [0.15, 0.2) is 11.6 Å². The minimum Gasteiger partial charge on any atom is -0.310 e. The molecule has 1 nitrogen and oxygen atoms in total. The van der Waals surface area contributed by atoms with E-state index < -0.39 is 11.6 Å². The summed E-state index contributed by atoms with van der Waals surface area (Å²) in [6.07, 6.45) is 1.64. The van der Waals surface area contributed by atoms with Gasteiger partial charge in [0.1, 0.15) is 0 Å². The molecule has 0 heterocycles. The lowest BCUT2D eigenvalue weighted by Gasteiger charge is -2.19. The van der Waals surface area contributed by atoms with E-state index in [0.29, 0.717) is 11.4 Å². The van der Waals surface area contributed by atoms with Crippen molar-refractivity contribution >= 4 is 11.6 Å². The van der Waals surface area contributed by atoms with E-state index >= 15 is 0 Å². The van der Waals surface area contributed by atoms with Gasteiger partial charge in [-0.05, 0) is 54.8 Å². The van der Waals surface area contributed by atoms with Crippen LogP contribution in [-0.4, -0.2) is 6.54 Å². The first-order valence-corrected chi connectivity index (χ1v) is 7.40. The van der Waals surface area contributed by atoms with Crippen molar-refractivity contribution in [3.05, 3.63) is 70.2 Å². The third kappa shape index (κ3) is 4.51. The van der Waals surface area contributed by atoms with E-state index in [1.807, 2.05) is 24.3 Å². The minimum absolute atomic E-state index is 0.0708. The van der Waals surface area contributed by atoms with Crippen molar-refractivity contribution in [2.45, 2.75) is 25.8 Å². The number of nitrogens with one attached hydrogen (secondary N) is 1. The van der Waals surface area contributed by atoms with Gasteiger partial charge in [0.05, 0.1) is 0 Å². The molecule has 1 unspecified atom stereocenters. The molecular weight excluding hydrogens is 292 g/mol. The van der Waals surface area contributed by atoms with Crippen LogP contribution >= 0.6 is 11.6 Å². The summed E-state index contributed by atoms with van der Waals surface area (Å²) in [7, 11) is 0. The zero-order valence-corrected chi connectivity index (χ0v) is 12.6. The number of hydrogen-bond acceptors (Lipinski definition) is 1. The Balaban J connectivity index is 2.22. The van der Waals surface area contributed by atoms with Gasteiger partial charge >= 0.3 is 0 Å². The largest absolute Gasteiger partial charge is 0.310 e. The van der Waals surface area contributed by atoms with Crippen LogP contribution in [0.2, 0.25) is 5.02 Å². The van der Waals surface area contributed by atoms with Crippen LogP contribution in [0.4, 0.5) is 8.78 Å². The van der Waals surface area contributed by atoms with Crippen molar-refractivity contribution in [2.24, 2.45) is 0 Å². The second-order valence-electron chi connectivity index (χ2n) is 5.01. The summed E-state index contributed by atoms with van der Waals surface area (Å²) < 4.78 is 26.5. The summed E-state index contributed by atoms with van der Waals surface area (Å²) in [4.78, 5) is 0. The fourth-order valence-corrected chi connectivity index (χ4v) is 2.47. The molecule has 2 aromatic rings. The molecular formula is C17H18ClF2N. The lowest BCUT2D eigenvalue weighted by Crippen LogP contribution is -2.24. The number of halogens is 3. The molecule has 1 atom stereocenters.